The number of halogens is 2. The third-order valence-electron chi connectivity index (χ3n) is 9.10. The molecule has 3 atom stereocenters. The minimum atomic E-state index is -0.956. The van der Waals surface area contributed by atoms with E-state index < -0.39 is 18.1 Å². The van der Waals surface area contributed by atoms with E-state index in [-0.39, 0.29) is 24.9 Å². The van der Waals surface area contributed by atoms with Crippen molar-refractivity contribution < 1.29 is 24.5 Å². The lowest BCUT2D eigenvalue weighted by molar-refractivity contribution is -0.142. The maximum absolute atomic E-state index is 11.7. The Kier molecular flexibility index (Phi) is 10.4. The van der Waals surface area contributed by atoms with Crippen molar-refractivity contribution in [3.05, 3.63) is 81.4 Å². The number of aliphatic hydroxyl groups excluding tert-OH is 1. The monoisotopic (exact) mass is 747 g/mol. The number of β-amino-alcohol motifs (C(OH)–C–C–N with tert-alkyl or cyclic N) is 1. The van der Waals surface area contributed by atoms with Gasteiger partial charge in [0.15, 0.2) is 5.82 Å². The van der Waals surface area contributed by atoms with Crippen LogP contribution in [0.5, 0.6) is 5.88 Å². The Bertz CT molecular complexity index is 2110. The number of carbonyl (C=O) groups is 2. The Morgan fingerprint density at radius 3 is 2.63 bits per heavy atom. The number of hydrogen-bond acceptors (Lipinski definition) is 11. The van der Waals surface area contributed by atoms with Crippen LogP contribution < -0.4 is 20.7 Å². The molecule has 5 aromatic rings. The standard InChI is InChI=1S/C36H35Cl2N7O5S/c1-50-35-19(15-39-16-20-9-11-29(47)41-20)8-10-25(43-35)24-6-2-4-22(31(24)37)23-5-3-7-26(32(23)38)42-34-33-28(12-13-40-34)51-30(44-33)18-45-17-21(46)14-27(45)36(48)49/h2-8,10,12-13,20-21,27,39,46H,9,11,14-18H2,1H3,(H,40,42)(H,41,47)(H,48,49)/t20-,21?,27?/m1/s1. The second kappa shape index (κ2) is 15.1. The molecule has 2 fully saturated rings. The smallest absolute Gasteiger partial charge is 0.321 e. The molecule has 2 unspecified atom stereocenters. The van der Waals surface area contributed by atoms with E-state index >= 15 is 0 Å². The first-order valence-corrected chi connectivity index (χ1v) is 18.0. The van der Waals surface area contributed by atoms with E-state index in [0.29, 0.717) is 75.8 Å². The normalized spacial score (nSPS) is 19.1. The van der Waals surface area contributed by atoms with Crippen molar-refractivity contribution in [3.8, 4) is 28.3 Å². The molecule has 0 spiro atoms. The van der Waals surface area contributed by atoms with Crippen molar-refractivity contribution in [1.82, 2.24) is 30.5 Å². The fourth-order valence-corrected chi connectivity index (χ4v) is 8.18. The molecule has 5 heterocycles. The fraction of sp³-hybridized carbons (Fsp3) is 0.306. The zero-order chi connectivity index (χ0) is 35.6. The minimum Gasteiger partial charge on any atom is -0.481 e. The highest BCUT2D eigenvalue weighted by Crippen LogP contribution is 2.42. The Labute approximate surface area is 307 Å². The van der Waals surface area contributed by atoms with Gasteiger partial charge in [-0.15, -0.1) is 11.3 Å². The van der Waals surface area contributed by atoms with Gasteiger partial charge in [-0.3, -0.25) is 14.5 Å². The van der Waals surface area contributed by atoms with Gasteiger partial charge in [0.05, 0.1) is 45.9 Å². The van der Waals surface area contributed by atoms with Crippen molar-refractivity contribution in [2.75, 3.05) is 25.5 Å². The summed E-state index contributed by atoms with van der Waals surface area (Å²) in [6.07, 6.45) is 2.57. The third-order valence-corrected chi connectivity index (χ3v) is 10.9. The number of methoxy groups -OCH3 is 1. The number of ether oxygens (including phenoxy) is 1. The van der Waals surface area contributed by atoms with Gasteiger partial charge in [-0.1, -0.05) is 59.6 Å². The average molecular weight is 749 g/mol. The van der Waals surface area contributed by atoms with Crippen LogP contribution in [-0.2, 0) is 22.7 Å². The molecule has 2 aliphatic heterocycles. The molecule has 12 nitrogen and oxygen atoms in total. The molecule has 0 aliphatic carbocycles. The summed E-state index contributed by atoms with van der Waals surface area (Å²) in [6.45, 7) is 1.77. The maximum Gasteiger partial charge on any atom is 0.321 e. The topological polar surface area (TPSA) is 162 Å². The molecule has 0 saturated carbocycles. The lowest BCUT2D eigenvalue weighted by Gasteiger charge is -2.18. The summed E-state index contributed by atoms with van der Waals surface area (Å²) < 4.78 is 6.52. The summed E-state index contributed by atoms with van der Waals surface area (Å²) in [5.41, 5.74) is 4.91. The van der Waals surface area contributed by atoms with Gasteiger partial charge in [0.25, 0.3) is 0 Å². The SMILES string of the molecule is COc1nc(-c2cccc(-c3cccc(Nc4nccc5sc(CN6CC(O)CC6C(=O)O)nc45)c3Cl)c2Cl)ccc1CNC[C@H]1CCC(=O)N1. The number of likely N-dealkylation sites (tertiary alicyclic amines) is 1. The van der Waals surface area contributed by atoms with Crippen LogP contribution in [-0.4, -0.2) is 80.3 Å². The van der Waals surface area contributed by atoms with Gasteiger partial charge in [-0.05, 0) is 24.6 Å². The highest BCUT2D eigenvalue weighted by Gasteiger charge is 2.36. The van der Waals surface area contributed by atoms with E-state index in [9.17, 15) is 19.8 Å². The number of benzene rings is 2. The maximum atomic E-state index is 11.7. The molecule has 0 radical (unpaired) electrons. The van der Waals surface area contributed by atoms with Crippen molar-refractivity contribution in [1.29, 1.82) is 0 Å². The summed E-state index contributed by atoms with van der Waals surface area (Å²) in [4.78, 5) is 39.1. The number of anilines is 2. The van der Waals surface area contributed by atoms with E-state index in [4.69, 9.17) is 37.9 Å². The van der Waals surface area contributed by atoms with E-state index in [1.165, 1.54) is 11.3 Å². The van der Waals surface area contributed by atoms with Crippen LogP contribution in [0.4, 0.5) is 11.5 Å². The van der Waals surface area contributed by atoms with Gasteiger partial charge in [0.2, 0.25) is 11.8 Å². The molecule has 2 aromatic carbocycles. The molecule has 264 valence electrons. The second-order valence-corrected chi connectivity index (χ2v) is 14.4. The molecule has 2 saturated heterocycles. The molecule has 2 aliphatic rings. The number of rotatable bonds is 12. The summed E-state index contributed by atoms with van der Waals surface area (Å²) in [7, 11) is 1.58. The number of carbonyl (C=O) groups excluding carboxylic acids is 1. The van der Waals surface area contributed by atoms with Crippen LogP contribution in [0, 0.1) is 0 Å². The number of amides is 1. The number of aromatic nitrogens is 3. The van der Waals surface area contributed by atoms with Gasteiger partial charge in [-0.2, -0.15) is 0 Å². The lowest BCUT2D eigenvalue weighted by Crippen LogP contribution is -2.35. The summed E-state index contributed by atoms with van der Waals surface area (Å²) in [6, 6.07) is 16.4. The first-order valence-electron chi connectivity index (χ1n) is 16.5. The summed E-state index contributed by atoms with van der Waals surface area (Å²) in [5, 5.41) is 31.0. The molecule has 51 heavy (non-hydrogen) atoms. The highest BCUT2D eigenvalue weighted by atomic mass is 35.5. The zero-order valence-corrected chi connectivity index (χ0v) is 29.9. The molecule has 7 rings (SSSR count). The Morgan fingerprint density at radius 1 is 1.08 bits per heavy atom. The number of aliphatic hydroxyl groups is 1. The van der Waals surface area contributed by atoms with Crippen LogP contribution in [0.15, 0.2) is 60.8 Å². The second-order valence-electron chi connectivity index (χ2n) is 12.5. The van der Waals surface area contributed by atoms with Gasteiger partial charge < -0.3 is 30.9 Å². The Balaban J connectivity index is 1.11. The molecule has 1 amide bonds. The van der Waals surface area contributed by atoms with Crippen molar-refractivity contribution >= 4 is 68.1 Å². The van der Waals surface area contributed by atoms with Gasteiger partial charge in [0, 0.05) is 67.0 Å². The van der Waals surface area contributed by atoms with Gasteiger partial charge in [-0.25, -0.2) is 15.0 Å². The fourth-order valence-electron chi connectivity index (χ4n) is 6.59. The van der Waals surface area contributed by atoms with Gasteiger partial charge >= 0.3 is 5.97 Å². The number of aliphatic carboxylic acids is 1. The highest BCUT2D eigenvalue weighted by molar-refractivity contribution is 7.18. The van der Waals surface area contributed by atoms with Crippen LogP contribution >= 0.6 is 34.5 Å². The number of pyridine rings is 2. The first-order chi connectivity index (χ1) is 24.7. The molecular formula is C36H35Cl2N7O5S. The van der Waals surface area contributed by atoms with Crippen LogP contribution in [0.3, 0.4) is 0 Å². The summed E-state index contributed by atoms with van der Waals surface area (Å²) >= 11 is 15.6. The molecule has 3 aromatic heterocycles. The largest absolute Gasteiger partial charge is 0.481 e. The number of nitrogens with zero attached hydrogens (tertiary/aromatic N) is 4. The van der Waals surface area contributed by atoms with E-state index in [1.807, 2.05) is 54.6 Å². The molecule has 15 heteroatoms. The van der Waals surface area contributed by atoms with Crippen molar-refractivity contribution in [2.45, 2.75) is 50.5 Å². The van der Waals surface area contributed by atoms with Crippen molar-refractivity contribution in [2.24, 2.45) is 0 Å². The van der Waals surface area contributed by atoms with E-state index in [1.54, 1.807) is 18.2 Å². The van der Waals surface area contributed by atoms with Crippen LogP contribution in [0.25, 0.3) is 32.6 Å². The lowest BCUT2D eigenvalue weighted by atomic mass is 10.00. The Morgan fingerprint density at radius 2 is 1.86 bits per heavy atom. The molecule has 0 bridgehead atoms. The number of thiazole rings is 1. The third kappa shape index (κ3) is 7.50. The number of carboxylic acids is 1. The average Bonchev–Trinajstić information content (AvgIpc) is 3.84. The quantitative estimate of drug-likeness (QED) is 0.104. The van der Waals surface area contributed by atoms with Crippen molar-refractivity contribution in [3.63, 3.8) is 0 Å². The zero-order valence-electron chi connectivity index (χ0n) is 27.5. The van der Waals surface area contributed by atoms with Crippen LogP contribution in [0.1, 0.15) is 29.8 Å². The molecule has 5 N–H and O–H groups in total. The summed E-state index contributed by atoms with van der Waals surface area (Å²) in [5.74, 6) is 0.114. The predicted molar refractivity (Wildman–Crippen MR) is 198 cm³/mol. The van der Waals surface area contributed by atoms with E-state index in [2.05, 4.69) is 20.9 Å². The van der Waals surface area contributed by atoms with Gasteiger partial charge in [0.1, 0.15) is 16.6 Å². The molecular weight excluding hydrogens is 713 g/mol. The first kappa shape index (κ1) is 35.1. The number of fused-ring (bicyclic) bond motifs is 1. The van der Waals surface area contributed by atoms with Crippen LogP contribution in [0.2, 0.25) is 10.0 Å². The predicted octanol–water partition coefficient (Wildman–Crippen LogP) is 5.87. The number of hydrogen-bond donors (Lipinski definition) is 5. The Hall–Kier alpha value is -4.37. The number of nitrogens with one attached hydrogen (secondary N) is 3. The number of carboxylic acid groups (broad SMARTS) is 1. The minimum absolute atomic E-state index is 0.0870. The van der Waals surface area contributed by atoms with E-state index in [0.717, 1.165) is 27.3 Å².